The maximum atomic E-state index is 14.1. The second kappa shape index (κ2) is 5.32. The molecule has 1 aromatic carbocycles. The third kappa shape index (κ3) is 2.41. The van der Waals surface area contributed by atoms with Gasteiger partial charge in [0, 0.05) is 13.1 Å². The molecule has 2 fully saturated rings. The smallest absolute Gasteiger partial charge is 0.149 e. The van der Waals surface area contributed by atoms with Gasteiger partial charge >= 0.3 is 0 Å². The molecule has 1 spiro atoms. The van der Waals surface area contributed by atoms with E-state index in [-0.39, 0.29) is 17.9 Å². The van der Waals surface area contributed by atoms with Crippen molar-refractivity contribution in [1.82, 2.24) is 0 Å². The highest BCUT2D eigenvalue weighted by molar-refractivity contribution is 5.51. The zero-order chi connectivity index (χ0) is 14.2. The first kappa shape index (κ1) is 13.8. The summed E-state index contributed by atoms with van der Waals surface area (Å²) in [6.07, 6.45) is 7.22. The van der Waals surface area contributed by atoms with E-state index >= 15 is 0 Å². The standard InChI is InChI=1S/C16H21F2NO/c17-13-9-12(11-20)10-14(18)15(13)19-7-5-16(6-8-19)3-1-2-4-16/h9-10,20H,1-8,11H2. The van der Waals surface area contributed by atoms with Crippen molar-refractivity contribution in [2.24, 2.45) is 5.41 Å². The number of aliphatic hydroxyl groups is 1. The number of hydrogen-bond acceptors (Lipinski definition) is 2. The van der Waals surface area contributed by atoms with Gasteiger partial charge in [0.25, 0.3) is 0 Å². The number of halogens is 2. The van der Waals surface area contributed by atoms with Crippen LogP contribution < -0.4 is 4.90 Å². The Balaban J connectivity index is 1.78. The molecule has 4 heteroatoms. The topological polar surface area (TPSA) is 23.5 Å². The molecule has 0 bridgehead atoms. The Bertz CT molecular complexity index is 464. The van der Waals surface area contributed by atoms with Crippen molar-refractivity contribution in [2.75, 3.05) is 18.0 Å². The van der Waals surface area contributed by atoms with Crippen molar-refractivity contribution in [3.63, 3.8) is 0 Å². The third-order valence-electron chi connectivity index (χ3n) is 5.06. The number of hydrogen-bond donors (Lipinski definition) is 1. The van der Waals surface area contributed by atoms with Crippen molar-refractivity contribution in [1.29, 1.82) is 0 Å². The number of anilines is 1. The SMILES string of the molecule is OCc1cc(F)c(N2CCC3(CCCC3)CC2)c(F)c1. The highest BCUT2D eigenvalue weighted by Gasteiger charge is 2.37. The van der Waals surface area contributed by atoms with E-state index in [0.29, 0.717) is 5.41 Å². The Morgan fingerprint density at radius 1 is 1.00 bits per heavy atom. The lowest BCUT2D eigenvalue weighted by Gasteiger charge is -2.40. The van der Waals surface area contributed by atoms with Gasteiger partial charge in [-0.05, 0) is 48.8 Å². The summed E-state index contributed by atoms with van der Waals surface area (Å²) in [4.78, 5) is 1.83. The van der Waals surface area contributed by atoms with Gasteiger partial charge in [0.05, 0.1) is 6.61 Å². The van der Waals surface area contributed by atoms with Crippen LogP contribution in [-0.4, -0.2) is 18.2 Å². The quantitative estimate of drug-likeness (QED) is 0.895. The summed E-state index contributed by atoms with van der Waals surface area (Å²) in [5, 5.41) is 8.98. The monoisotopic (exact) mass is 281 g/mol. The first-order valence-electron chi connectivity index (χ1n) is 7.47. The summed E-state index contributed by atoms with van der Waals surface area (Å²) in [6.45, 7) is 1.12. The largest absolute Gasteiger partial charge is 0.392 e. The fourth-order valence-corrected chi connectivity index (χ4v) is 3.84. The second-order valence-electron chi connectivity index (χ2n) is 6.26. The van der Waals surface area contributed by atoms with Gasteiger partial charge < -0.3 is 10.0 Å². The Labute approximate surface area is 118 Å². The summed E-state index contributed by atoms with van der Waals surface area (Å²) in [5.41, 5.74) is 0.803. The summed E-state index contributed by atoms with van der Waals surface area (Å²) in [5.74, 6) is -1.12. The number of aliphatic hydroxyl groups excluding tert-OH is 1. The van der Waals surface area contributed by atoms with Crippen LogP contribution in [0.25, 0.3) is 0 Å². The maximum Gasteiger partial charge on any atom is 0.149 e. The predicted molar refractivity (Wildman–Crippen MR) is 74.6 cm³/mol. The number of rotatable bonds is 2. The minimum absolute atomic E-state index is 0.0787. The molecule has 0 aromatic heterocycles. The first-order valence-corrected chi connectivity index (χ1v) is 7.47. The summed E-state index contributed by atoms with van der Waals surface area (Å²) >= 11 is 0. The van der Waals surface area contributed by atoms with Gasteiger partial charge in [-0.3, -0.25) is 0 Å². The highest BCUT2D eigenvalue weighted by atomic mass is 19.1. The summed E-state index contributed by atoms with van der Waals surface area (Å²) in [7, 11) is 0. The maximum absolute atomic E-state index is 14.1. The van der Waals surface area contributed by atoms with E-state index in [1.807, 2.05) is 4.90 Å². The Morgan fingerprint density at radius 2 is 1.55 bits per heavy atom. The van der Waals surface area contributed by atoms with Crippen molar-refractivity contribution in [3.05, 3.63) is 29.3 Å². The molecular weight excluding hydrogens is 260 g/mol. The number of nitrogens with zero attached hydrogens (tertiary/aromatic N) is 1. The third-order valence-corrected chi connectivity index (χ3v) is 5.06. The van der Waals surface area contributed by atoms with Crippen molar-refractivity contribution >= 4 is 5.69 Å². The second-order valence-corrected chi connectivity index (χ2v) is 6.26. The molecule has 0 atom stereocenters. The van der Waals surface area contributed by atoms with E-state index in [2.05, 4.69) is 0 Å². The lowest BCUT2D eigenvalue weighted by molar-refractivity contribution is 0.225. The molecule has 1 saturated carbocycles. The lowest BCUT2D eigenvalue weighted by atomic mass is 9.77. The van der Waals surface area contributed by atoms with Crippen LogP contribution in [-0.2, 0) is 6.61 Å². The van der Waals surface area contributed by atoms with E-state index in [1.54, 1.807) is 0 Å². The van der Waals surface area contributed by atoms with Gasteiger partial charge in [-0.2, -0.15) is 0 Å². The van der Waals surface area contributed by atoms with Crippen LogP contribution in [0.4, 0.5) is 14.5 Å². The zero-order valence-corrected chi connectivity index (χ0v) is 11.7. The molecule has 20 heavy (non-hydrogen) atoms. The molecule has 0 unspecified atom stereocenters. The minimum Gasteiger partial charge on any atom is -0.392 e. The van der Waals surface area contributed by atoms with Gasteiger partial charge in [0.15, 0.2) is 0 Å². The highest BCUT2D eigenvalue weighted by Crippen LogP contribution is 2.47. The van der Waals surface area contributed by atoms with Crippen molar-refractivity contribution < 1.29 is 13.9 Å². The van der Waals surface area contributed by atoms with Crippen LogP contribution in [0.2, 0.25) is 0 Å². The van der Waals surface area contributed by atoms with Crippen LogP contribution in [0.3, 0.4) is 0 Å². The minimum atomic E-state index is -0.559. The van der Waals surface area contributed by atoms with Gasteiger partial charge in [-0.15, -0.1) is 0 Å². The van der Waals surface area contributed by atoms with Crippen LogP contribution in [0.15, 0.2) is 12.1 Å². The van der Waals surface area contributed by atoms with E-state index < -0.39 is 11.6 Å². The first-order chi connectivity index (χ1) is 9.63. The average molecular weight is 281 g/mol. The van der Waals surface area contributed by atoms with E-state index in [0.717, 1.165) is 25.9 Å². The molecule has 3 rings (SSSR count). The molecule has 1 aliphatic carbocycles. The van der Waals surface area contributed by atoms with Crippen LogP contribution in [0.1, 0.15) is 44.1 Å². The zero-order valence-electron chi connectivity index (χ0n) is 11.7. The molecule has 1 aliphatic heterocycles. The summed E-state index contributed by atoms with van der Waals surface area (Å²) < 4.78 is 28.1. The number of piperidine rings is 1. The molecule has 1 N–H and O–H groups in total. The van der Waals surface area contributed by atoms with Gasteiger partial charge in [0.2, 0.25) is 0 Å². The molecule has 1 saturated heterocycles. The summed E-state index contributed by atoms with van der Waals surface area (Å²) in [6, 6.07) is 2.47. The molecule has 2 nitrogen and oxygen atoms in total. The van der Waals surface area contributed by atoms with E-state index in [1.165, 1.54) is 37.8 Å². The average Bonchev–Trinajstić information content (AvgIpc) is 2.88. The Kier molecular flexibility index (Phi) is 3.67. The molecule has 0 amide bonds. The van der Waals surface area contributed by atoms with Gasteiger partial charge in [0.1, 0.15) is 17.3 Å². The van der Waals surface area contributed by atoms with Crippen LogP contribution in [0, 0.1) is 17.0 Å². The normalized spacial score (nSPS) is 21.6. The van der Waals surface area contributed by atoms with E-state index in [9.17, 15) is 8.78 Å². The Morgan fingerprint density at radius 3 is 2.05 bits per heavy atom. The molecule has 0 radical (unpaired) electrons. The van der Waals surface area contributed by atoms with Crippen molar-refractivity contribution in [3.8, 4) is 0 Å². The predicted octanol–water partition coefficient (Wildman–Crippen LogP) is 3.62. The lowest BCUT2D eigenvalue weighted by Crippen LogP contribution is -2.39. The number of benzene rings is 1. The fraction of sp³-hybridized carbons (Fsp3) is 0.625. The molecule has 2 aliphatic rings. The fourth-order valence-electron chi connectivity index (χ4n) is 3.84. The van der Waals surface area contributed by atoms with Gasteiger partial charge in [-0.1, -0.05) is 12.8 Å². The van der Waals surface area contributed by atoms with Gasteiger partial charge in [-0.25, -0.2) is 8.78 Å². The Hall–Kier alpha value is -1.16. The molecule has 1 heterocycles. The van der Waals surface area contributed by atoms with E-state index in [4.69, 9.17) is 5.11 Å². The van der Waals surface area contributed by atoms with Crippen LogP contribution in [0.5, 0.6) is 0 Å². The molecule has 1 aromatic rings. The molecular formula is C16H21F2NO. The van der Waals surface area contributed by atoms with Crippen LogP contribution >= 0.6 is 0 Å². The molecule has 110 valence electrons. The van der Waals surface area contributed by atoms with Crippen molar-refractivity contribution in [2.45, 2.75) is 45.1 Å².